The summed E-state index contributed by atoms with van der Waals surface area (Å²) in [5.74, 6) is 0. The second kappa shape index (κ2) is 5.83. The van der Waals surface area contributed by atoms with Crippen LogP contribution >= 0.6 is 0 Å². The summed E-state index contributed by atoms with van der Waals surface area (Å²) in [4.78, 5) is 0. The predicted octanol–water partition coefficient (Wildman–Crippen LogP) is 1.29. The summed E-state index contributed by atoms with van der Waals surface area (Å²) in [5, 5.41) is 7.18. The smallest absolute Gasteiger partial charge is 0.0848 e. The predicted molar refractivity (Wildman–Crippen MR) is 62.1 cm³/mol. The summed E-state index contributed by atoms with van der Waals surface area (Å²) >= 11 is 0. The van der Waals surface area contributed by atoms with E-state index in [1.54, 1.807) is 0 Å². The highest BCUT2D eigenvalue weighted by Gasteiger charge is 2.27. The molecule has 0 aromatic heterocycles. The lowest BCUT2D eigenvalue weighted by Crippen LogP contribution is -2.54. The number of piperidine rings is 1. The van der Waals surface area contributed by atoms with E-state index in [2.05, 4.69) is 10.6 Å². The lowest BCUT2D eigenvalue weighted by atomic mass is 9.93. The summed E-state index contributed by atoms with van der Waals surface area (Å²) in [6, 6.07) is 1.32. The molecular weight excluding hydrogens is 188 g/mol. The minimum atomic E-state index is 0.362. The van der Waals surface area contributed by atoms with E-state index in [-0.39, 0.29) is 0 Å². The second-order valence-corrected chi connectivity index (χ2v) is 4.88. The Kier molecular flexibility index (Phi) is 4.42. The van der Waals surface area contributed by atoms with Crippen molar-refractivity contribution in [1.82, 2.24) is 10.6 Å². The van der Waals surface area contributed by atoms with Crippen LogP contribution < -0.4 is 10.6 Å². The fourth-order valence-corrected chi connectivity index (χ4v) is 2.84. The molecule has 1 saturated carbocycles. The van der Waals surface area contributed by atoms with Crippen LogP contribution in [-0.2, 0) is 4.74 Å². The highest BCUT2D eigenvalue weighted by molar-refractivity contribution is 4.87. The first-order valence-corrected chi connectivity index (χ1v) is 6.39. The Labute approximate surface area is 93.0 Å². The zero-order chi connectivity index (χ0) is 10.5. The zero-order valence-corrected chi connectivity index (χ0v) is 9.80. The van der Waals surface area contributed by atoms with E-state index in [4.69, 9.17) is 4.74 Å². The zero-order valence-electron chi connectivity index (χ0n) is 9.80. The van der Waals surface area contributed by atoms with Gasteiger partial charge in [-0.05, 0) is 25.8 Å². The van der Waals surface area contributed by atoms with E-state index in [1.165, 1.54) is 38.5 Å². The van der Waals surface area contributed by atoms with Gasteiger partial charge in [0.2, 0.25) is 0 Å². The maximum Gasteiger partial charge on any atom is 0.0848 e. The minimum absolute atomic E-state index is 0.362. The molecule has 2 fully saturated rings. The number of rotatable bonds is 3. The van der Waals surface area contributed by atoms with Crippen molar-refractivity contribution in [2.75, 3.05) is 20.2 Å². The molecule has 0 bridgehead atoms. The van der Waals surface area contributed by atoms with Gasteiger partial charge in [-0.2, -0.15) is 0 Å². The van der Waals surface area contributed by atoms with Gasteiger partial charge in [0.15, 0.2) is 0 Å². The van der Waals surface area contributed by atoms with Crippen molar-refractivity contribution in [3.8, 4) is 0 Å². The largest absolute Gasteiger partial charge is 0.379 e. The molecule has 3 nitrogen and oxygen atoms in total. The van der Waals surface area contributed by atoms with Gasteiger partial charge in [-0.25, -0.2) is 0 Å². The Morgan fingerprint density at radius 2 is 1.93 bits per heavy atom. The van der Waals surface area contributed by atoms with Gasteiger partial charge in [-0.3, -0.25) is 0 Å². The lowest BCUT2D eigenvalue weighted by Gasteiger charge is -2.36. The molecular formula is C12H24N2O. The molecule has 1 saturated heterocycles. The van der Waals surface area contributed by atoms with Crippen LogP contribution in [-0.4, -0.2) is 38.4 Å². The highest BCUT2D eigenvalue weighted by Crippen LogP contribution is 2.19. The first-order chi connectivity index (χ1) is 7.40. The van der Waals surface area contributed by atoms with Gasteiger partial charge in [0.25, 0.3) is 0 Å². The van der Waals surface area contributed by atoms with Crippen molar-refractivity contribution in [1.29, 1.82) is 0 Å². The molecule has 0 amide bonds. The Bertz CT molecular complexity index is 180. The molecule has 2 unspecified atom stereocenters. The molecule has 3 heteroatoms. The lowest BCUT2D eigenvalue weighted by molar-refractivity contribution is 0.0455. The molecule has 0 aromatic rings. The Hall–Kier alpha value is -0.120. The molecule has 2 aliphatic rings. The molecule has 0 spiro atoms. The Balaban J connectivity index is 1.79. The molecule has 2 atom stereocenters. The number of ether oxygens (including phenoxy) is 1. The summed E-state index contributed by atoms with van der Waals surface area (Å²) in [6.45, 7) is 2.13. The van der Waals surface area contributed by atoms with Crippen LogP contribution in [0.2, 0.25) is 0 Å². The fraction of sp³-hybridized carbons (Fsp3) is 1.00. The van der Waals surface area contributed by atoms with E-state index >= 15 is 0 Å². The molecule has 1 aliphatic heterocycles. The molecule has 0 aromatic carbocycles. The molecule has 2 rings (SSSR count). The van der Waals surface area contributed by atoms with Crippen LogP contribution in [0.5, 0.6) is 0 Å². The van der Waals surface area contributed by atoms with Crippen molar-refractivity contribution in [3.63, 3.8) is 0 Å². The summed E-state index contributed by atoms with van der Waals surface area (Å²) in [5.41, 5.74) is 0. The Morgan fingerprint density at radius 3 is 2.67 bits per heavy atom. The SMILES string of the molecule is COC1CNCCC1NC1CCCCC1. The second-order valence-electron chi connectivity index (χ2n) is 4.88. The Morgan fingerprint density at radius 1 is 1.13 bits per heavy atom. The average Bonchev–Trinajstić information content (AvgIpc) is 2.31. The first-order valence-electron chi connectivity index (χ1n) is 6.39. The number of hydrogen-bond donors (Lipinski definition) is 2. The van der Waals surface area contributed by atoms with E-state index in [0.29, 0.717) is 12.1 Å². The van der Waals surface area contributed by atoms with Crippen LogP contribution in [0.1, 0.15) is 38.5 Å². The van der Waals surface area contributed by atoms with Gasteiger partial charge in [-0.1, -0.05) is 19.3 Å². The quantitative estimate of drug-likeness (QED) is 0.739. The van der Waals surface area contributed by atoms with E-state index in [1.807, 2.05) is 7.11 Å². The highest BCUT2D eigenvalue weighted by atomic mass is 16.5. The fourth-order valence-electron chi connectivity index (χ4n) is 2.84. The van der Waals surface area contributed by atoms with E-state index in [9.17, 15) is 0 Å². The molecule has 88 valence electrons. The van der Waals surface area contributed by atoms with Crippen molar-refractivity contribution in [2.45, 2.75) is 56.7 Å². The average molecular weight is 212 g/mol. The monoisotopic (exact) mass is 212 g/mol. The molecule has 1 aliphatic carbocycles. The van der Waals surface area contributed by atoms with Crippen molar-refractivity contribution in [3.05, 3.63) is 0 Å². The molecule has 0 radical (unpaired) electrons. The number of nitrogens with one attached hydrogen (secondary N) is 2. The summed E-state index contributed by atoms with van der Waals surface area (Å²) < 4.78 is 5.52. The number of methoxy groups -OCH3 is 1. The molecule has 1 heterocycles. The first kappa shape index (κ1) is 11.4. The topological polar surface area (TPSA) is 33.3 Å². The van der Waals surface area contributed by atoms with Crippen LogP contribution in [0.3, 0.4) is 0 Å². The summed E-state index contributed by atoms with van der Waals surface area (Å²) in [7, 11) is 1.83. The van der Waals surface area contributed by atoms with Crippen LogP contribution in [0.25, 0.3) is 0 Å². The van der Waals surface area contributed by atoms with E-state index < -0.39 is 0 Å². The van der Waals surface area contributed by atoms with Crippen LogP contribution in [0.15, 0.2) is 0 Å². The number of hydrogen-bond acceptors (Lipinski definition) is 3. The maximum absolute atomic E-state index is 5.52. The van der Waals surface area contributed by atoms with Gasteiger partial charge >= 0.3 is 0 Å². The van der Waals surface area contributed by atoms with Crippen molar-refractivity contribution in [2.24, 2.45) is 0 Å². The standard InChI is InChI=1S/C12H24N2O/c1-15-12-9-13-8-7-11(12)14-10-5-3-2-4-6-10/h10-14H,2-9H2,1H3. The van der Waals surface area contributed by atoms with E-state index in [0.717, 1.165) is 19.1 Å². The van der Waals surface area contributed by atoms with Gasteiger partial charge in [0.1, 0.15) is 0 Å². The summed E-state index contributed by atoms with van der Waals surface area (Å²) in [6.07, 6.45) is 8.52. The van der Waals surface area contributed by atoms with Crippen molar-refractivity contribution >= 4 is 0 Å². The maximum atomic E-state index is 5.52. The van der Waals surface area contributed by atoms with Gasteiger partial charge in [0.05, 0.1) is 6.10 Å². The van der Waals surface area contributed by atoms with Crippen LogP contribution in [0, 0.1) is 0 Å². The third kappa shape index (κ3) is 3.16. The van der Waals surface area contributed by atoms with Crippen molar-refractivity contribution < 1.29 is 4.74 Å². The molecule has 15 heavy (non-hydrogen) atoms. The van der Waals surface area contributed by atoms with Gasteiger partial charge in [0, 0.05) is 25.7 Å². The third-order valence-corrected chi connectivity index (χ3v) is 3.78. The normalized spacial score (nSPS) is 34.2. The van der Waals surface area contributed by atoms with Gasteiger partial charge in [-0.15, -0.1) is 0 Å². The van der Waals surface area contributed by atoms with Gasteiger partial charge < -0.3 is 15.4 Å². The minimum Gasteiger partial charge on any atom is -0.379 e. The molecule has 2 N–H and O–H groups in total. The third-order valence-electron chi connectivity index (χ3n) is 3.78. The van der Waals surface area contributed by atoms with Crippen LogP contribution in [0.4, 0.5) is 0 Å².